The molecule has 6 nitrogen and oxygen atoms in total. The van der Waals surface area contributed by atoms with Crippen LogP contribution in [-0.2, 0) is 28.6 Å². The minimum absolute atomic E-state index is 0.0613. The second kappa shape index (κ2) is 72.6. The van der Waals surface area contributed by atoms with Gasteiger partial charge in [0.1, 0.15) is 13.2 Å². The topological polar surface area (TPSA) is 78.9 Å². The highest BCUT2D eigenvalue weighted by molar-refractivity contribution is 5.71. The maximum absolute atomic E-state index is 12.9. The summed E-state index contributed by atoms with van der Waals surface area (Å²) in [5.41, 5.74) is 0. The molecule has 1 atom stereocenters. The number of ether oxygens (including phenoxy) is 3. The maximum atomic E-state index is 12.9. The Bertz CT molecular complexity index is 1300. The number of carbonyl (C=O) groups is 3. The molecule has 0 heterocycles. The quantitative estimate of drug-likeness (QED) is 0.0261. The van der Waals surface area contributed by atoms with Gasteiger partial charge in [0, 0.05) is 19.3 Å². The van der Waals surface area contributed by atoms with E-state index in [1.54, 1.807) is 0 Å². The van der Waals surface area contributed by atoms with E-state index in [0.29, 0.717) is 19.3 Å². The highest BCUT2D eigenvalue weighted by Crippen LogP contribution is 2.20. The van der Waals surface area contributed by atoms with Crippen LogP contribution in [0.3, 0.4) is 0 Å². The lowest BCUT2D eigenvalue weighted by atomic mass is 10.0. The fourth-order valence-electron chi connectivity index (χ4n) is 12.0. The molecule has 0 spiro atoms. The van der Waals surface area contributed by atoms with Crippen molar-refractivity contribution in [2.24, 2.45) is 0 Å². The molecule has 0 fully saturated rings. The third kappa shape index (κ3) is 70.8. The fraction of sp³-hybridized carbons (Fsp3) is 0.935. The van der Waals surface area contributed by atoms with Crippen LogP contribution in [0.4, 0.5) is 0 Å². The fourth-order valence-corrected chi connectivity index (χ4v) is 12.0. The summed E-state index contributed by atoms with van der Waals surface area (Å²) in [4.78, 5) is 38.4. The van der Waals surface area contributed by atoms with E-state index in [1.807, 2.05) is 0 Å². The normalized spacial score (nSPS) is 12.0. The zero-order chi connectivity index (χ0) is 59.9. The van der Waals surface area contributed by atoms with Gasteiger partial charge in [-0.25, -0.2) is 0 Å². The molecule has 0 aliphatic rings. The summed E-state index contributed by atoms with van der Waals surface area (Å²) in [6.45, 7) is 6.73. The van der Waals surface area contributed by atoms with Crippen LogP contribution in [0, 0.1) is 0 Å². The average molecular weight is 1170 g/mol. The van der Waals surface area contributed by atoms with Gasteiger partial charge in [-0.05, 0) is 44.9 Å². The monoisotopic (exact) mass is 1170 g/mol. The van der Waals surface area contributed by atoms with Crippen LogP contribution in [0.25, 0.3) is 0 Å². The summed E-state index contributed by atoms with van der Waals surface area (Å²) in [6.07, 6.45) is 88.5. The summed E-state index contributed by atoms with van der Waals surface area (Å²) in [5, 5.41) is 0. The number of carbonyl (C=O) groups excluding carboxylic acids is 3. The summed E-state index contributed by atoms with van der Waals surface area (Å²) in [5.74, 6) is -0.822. The van der Waals surface area contributed by atoms with Gasteiger partial charge in [0.05, 0.1) is 0 Å². The predicted molar refractivity (Wildman–Crippen MR) is 363 cm³/mol. The molecule has 0 rings (SSSR count). The van der Waals surface area contributed by atoms with E-state index in [1.165, 1.54) is 347 Å². The van der Waals surface area contributed by atoms with E-state index < -0.39 is 6.10 Å². The zero-order valence-corrected chi connectivity index (χ0v) is 56.8. The molecule has 0 radical (unpaired) electrons. The standard InChI is InChI=1S/C77H148O6/c1-4-7-10-13-16-19-22-25-27-29-30-31-32-33-34-35-36-37-38-39-40-41-42-43-44-45-46-48-49-52-55-58-61-64-67-70-76(79)82-73-74(72-81-75(78)69-66-63-60-57-54-51-24-21-18-15-12-9-6-3)83-77(80)71-68-65-62-59-56-53-50-47-28-26-23-20-17-14-11-8-5-2/h29-30,74H,4-28,31-73H2,1-3H3/b30-29-. The molecular weight excluding hydrogens is 1020 g/mol. The van der Waals surface area contributed by atoms with E-state index in [4.69, 9.17) is 14.2 Å². The summed E-state index contributed by atoms with van der Waals surface area (Å²) in [6, 6.07) is 0. The van der Waals surface area contributed by atoms with E-state index in [-0.39, 0.29) is 31.1 Å². The Kier molecular flexibility index (Phi) is 71.0. The van der Waals surface area contributed by atoms with Crippen LogP contribution in [0.15, 0.2) is 12.2 Å². The van der Waals surface area contributed by atoms with Crippen LogP contribution in [0.1, 0.15) is 445 Å². The van der Waals surface area contributed by atoms with E-state index in [0.717, 1.165) is 57.8 Å². The van der Waals surface area contributed by atoms with Crippen LogP contribution in [0.5, 0.6) is 0 Å². The molecule has 0 aromatic heterocycles. The first-order chi connectivity index (χ1) is 41.0. The van der Waals surface area contributed by atoms with Gasteiger partial charge in [-0.3, -0.25) is 14.4 Å². The van der Waals surface area contributed by atoms with Gasteiger partial charge < -0.3 is 14.2 Å². The first-order valence-electron chi connectivity index (χ1n) is 38.2. The molecule has 83 heavy (non-hydrogen) atoms. The largest absolute Gasteiger partial charge is 0.462 e. The predicted octanol–water partition coefficient (Wildman–Crippen LogP) is 26.3. The summed E-state index contributed by atoms with van der Waals surface area (Å²) < 4.78 is 17.0. The first kappa shape index (κ1) is 81.2. The van der Waals surface area contributed by atoms with Crippen LogP contribution in [0.2, 0.25) is 0 Å². The number of esters is 3. The third-order valence-electron chi connectivity index (χ3n) is 17.8. The van der Waals surface area contributed by atoms with E-state index in [9.17, 15) is 14.4 Å². The van der Waals surface area contributed by atoms with Crippen molar-refractivity contribution in [3.05, 3.63) is 12.2 Å². The van der Waals surface area contributed by atoms with Crippen molar-refractivity contribution in [3.63, 3.8) is 0 Å². The second-order valence-electron chi connectivity index (χ2n) is 26.3. The van der Waals surface area contributed by atoms with E-state index >= 15 is 0 Å². The Labute approximate surface area is 520 Å². The van der Waals surface area contributed by atoms with Gasteiger partial charge in [-0.2, -0.15) is 0 Å². The Balaban J connectivity index is 4.04. The summed E-state index contributed by atoms with van der Waals surface area (Å²) >= 11 is 0. The Morgan fingerprint density at radius 3 is 0.602 bits per heavy atom. The van der Waals surface area contributed by atoms with Crippen molar-refractivity contribution in [3.8, 4) is 0 Å². The Morgan fingerprint density at radius 1 is 0.229 bits per heavy atom. The maximum Gasteiger partial charge on any atom is 0.306 e. The Hall–Kier alpha value is -1.85. The zero-order valence-electron chi connectivity index (χ0n) is 56.8. The van der Waals surface area contributed by atoms with Crippen molar-refractivity contribution in [1.82, 2.24) is 0 Å². The highest BCUT2D eigenvalue weighted by Gasteiger charge is 2.20. The van der Waals surface area contributed by atoms with Crippen molar-refractivity contribution in [2.75, 3.05) is 13.2 Å². The van der Waals surface area contributed by atoms with Gasteiger partial charge in [-0.15, -0.1) is 0 Å². The van der Waals surface area contributed by atoms with E-state index in [2.05, 4.69) is 32.9 Å². The molecular formula is C77H148O6. The molecule has 0 saturated heterocycles. The molecule has 6 heteroatoms. The van der Waals surface area contributed by atoms with Crippen LogP contribution in [-0.4, -0.2) is 37.2 Å². The number of unbranched alkanes of at least 4 members (excludes halogenated alkanes) is 59. The molecule has 0 aliphatic carbocycles. The molecule has 0 aromatic carbocycles. The van der Waals surface area contributed by atoms with Gasteiger partial charge in [-0.1, -0.05) is 392 Å². The minimum Gasteiger partial charge on any atom is -0.462 e. The van der Waals surface area contributed by atoms with Crippen molar-refractivity contribution < 1.29 is 28.6 Å². The van der Waals surface area contributed by atoms with Crippen LogP contribution < -0.4 is 0 Å². The number of hydrogen-bond donors (Lipinski definition) is 0. The molecule has 0 bridgehead atoms. The molecule has 1 unspecified atom stereocenters. The highest BCUT2D eigenvalue weighted by atomic mass is 16.6. The van der Waals surface area contributed by atoms with Crippen molar-refractivity contribution in [2.45, 2.75) is 451 Å². The van der Waals surface area contributed by atoms with Crippen LogP contribution >= 0.6 is 0 Å². The molecule has 0 N–H and O–H groups in total. The van der Waals surface area contributed by atoms with Gasteiger partial charge in [0.15, 0.2) is 6.10 Å². The molecule has 492 valence electrons. The average Bonchev–Trinajstić information content (AvgIpc) is 3.49. The lowest BCUT2D eigenvalue weighted by molar-refractivity contribution is -0.167. The van der Waals surface area contributed by atoms with Gasteiger partial charge >= 0.3 is 17.9 Å². The van der Waals surface area contributed by atoms with Crippen molar-refractivity contribution >= 4 is 17.9 Å². The number of allylic oxidation sites excluding steroid dienone is 2. The molecule has 0 aliphatic heterocycles. The molecule has 0 saturated carbocycles. The summed E-state index contributed by atoms with van der Waals surface area (Å²) in [7, 11) is 0. The lowest BCUT2D eigenvalue weighted by Gasteiger charge is -2.18. The molecule has 0 aromatic rings. The smallest absolute Gasteiger partial charge is 0.306 e. The number of rotatable bonds is 72. The van der Waals surface area contributed by atoms with Gasteiger partial charge in [0.25, 0.3) is 0 Å². The third-order valence-corrected chi connectivity index (χ3v) is 17.8. The Morgan fingerprint density at radius 2 is 0.398 bits per heavy atom. The van der Waals surface area contributed by atoms with Crippen molar-refractivity contribution in [1.29, 1.82) is 0 Å². The number of hydrogen-bond acceptors (Lipinski definition) is 6. The SMILES string of the molecule is CCCCCCCCCC/C=C\CCCCCCCCCCCCCCCCCCCCCCCCCC(=O)OCC(COC(=O)CCCCCCCCCCCCCCC)OC(=O)CCCCCCCCCCCCCCCCCCC. The first-order valence-corrected chi connectivity index (χ1v) is 38.2. The minimum atomic E-state index is -0.764. The molecule has 0 amide bonds. The second-order valence-corrected chi connectivity index (χ2v) is 26.3. The van der Waals surface area contributed by atoms with Gasteiger partial charge in [0.2, 0.25) is 0 Å². The lowest BCUT2D eigenvalue weighted by Crippen LogP contribution is -2.30.